The topological polar surface area (TPSA) is 96.2 Å². The van der Waals surface area contributed by atoms with Gasteiger partial charge in [-0.1, -0.05) is 5.16 Å². The predicted octanol–water partition coefficient (Wildman–Crippen LogP) is 1.27. The van der Waals surface area contributed by atoms with Crippen LogP contribution in [0, 0.1) is 13.8 Å². The molecule has 9 nitrogen and oxygen atoms in total. The Morgan fingerprint density at radius 1 is 1.17 bits per heavy atom. The lowest BCUT2D eigenvalue weighted by atomic mass is 9.99. The number of carbonyl (C=O) groups is 1. The van der Waals surface area contributed by atoms with Gasteiger partial charge in [0, 0.05) is 58.5 Å². The molecule has 0 saturated carbocycles. The molecule has 2 aliphatic heterocycles. The van der Waals surface area contributed by atoms with Crippen LogP contribution in [-0.2, 0) is 14.8 Å². The van der Waals surface area contributed by atoms with Gasteiger partial charge in [-0.15, -0.1) is 0 Å². The van der Waals surface area contributed by atoms with E-state index in [2.05, 4.69) is 10.1 Å². The van der Waals surface area contributed by atoms with Crippen molar-refractivity contribution in [3.8, 4) is 0 Å². The number of amides is 1. The number of hydrogen-bond acceptors (Lipinski definition) is 7. The molecule has 0 spiro atoms. The van der Waals surface area contributed by atoms with Crippen LogP contribution in [0.1, 0.15) is 47.5 Å². The third kappa shape index (κ3) is 5.40. The largest absolute Gasteiger partial charge is 0.381 e. The lowest BCUT2D eigenvalue weighted by molar-refractivity contribution is 0.00318. The molecule has 0 aromatic carbocycles. The van der Waals surface area contributed by atoms with Gasteiger partial charge in [-0.2, -0.15) is 0 Å². The van der Waals surface area contributed by atoms with Crippen molar-refractivity contribution in [2.45, 2.75) is 51.6 Å². The van der Waals surface area contributed by atoms with E-state index in [-0.39, 0.29) is 11.9 Å². The minimum atomic E-state index is -3.21. The van der Waals surface area contributed by atoms with Crippen LogP contribution in [0.4, 0.5) is 0 Å². The van der Waals surface area contributed by atoms with E-state index in [1.807, 2.05) is 0 Å². The van der Waals surface area contributed by atoms with Crippen molar-refractivity contribution in [3.63, 3.8) is 0 Å². The average Bonchev–Trinajstić information content (AvgIpc) is 3.06. The number of likely N-dealkylation sites (N-methyl/N-ethyl adjacent to an activating group) is 1. The van der Waals surface area contributed by atoms with Crippen molar-refractivity contribution in [1.82, 2.24) is 19.3 Å². The zero-order valence-electron chi connectivity index (χ0n) is 18.5. The van der Waals surface area contributed by atoms with E-state index in [0.29, 0.717) is 49.2 Å². The molecule has 30 heavy (non-hydrogen) atoms. The van der Waals surface area contributed by atoms with Crippen molar-refractivity contribution in [1.29, 1.82) is 0 Å². The van der Waals surface area contributed by atoms with E-state index in [0.717, 1.165) is 38.9 Å². The fourth-order valence-corrected chi connectivity index (χ4v) is 5.42. The third-order valence-corrected chi connectivity index (χ3v) is 7.51. The number of rotatable bonds is 7. The van der Waals surface area contributed by atoms with Crippen LogP contribution in [0.15, 0.2) is 4.52 Å². The number of hydrogen-bond donors (Lipinski definition) is 0. The predicted molar refractivity (Wildman–Crippen MR) is 113 cm³/mol. The second-order valence-electron chi connectivity index (χ2n) is 8.42. The first-order chi connectivity index (χ1) is 14.2. The maximum absolute atomic E-state index is 12.9. The summed E-state index contributed by atoms with van der Waals surface area (Å²) in [6.45, 7) is 7.30. The fraction of sp³-hybridized carbons (Fsp3) is 0.800. The minimum Gasteiger partial charge on any atom is -0.381 e. The Balaban J connectivity index is 1.70. The SMILES string of the molecule is Cc1noc(C)c1C(=O)N(C)CCN(C1CCOCC1)C1CCCN(S(C)(=O)=O)C1. The van der Waals surface area contributed by atoms with Gasteiger partial charge in [0.1, 0.15) is 11.3 Å². The van der Waals surface area contributed by atoms with Crippen molar-refractivity contribution in [2.75, 3.05) is 52.7 Å². The Labute approximate surface area is 179 Å². The molecule has 1 aromatic heterocycles. The molecule has 0 radical (unpaired) electrons. The summed E-state index contributed by atoms with van der Waals surface area (Å²) in [5.41, 5.74) is 1.12. The molecule has 1 unspecified atom stereocenters. The van der Waals surface area contributed by atoms with Gasteiger partial charge < -0.3 is 14.2 Å². The molecular formula is C20H34N4O5S. The van der Waals surface area contributed by atoms with E-state index in [1.54, 1.807) is 30.1 Å². The summed E-state index contributed by atoms with van der Waals surface area (Å²) in [5, 5.41) is 3.88. The number of sulfonamides is 1. The summed E-state index contributed by atoms with van der Waals surface area (Å²) in [6, 6.07) is 0.491. The quantitative estimate of drug-likeness (QED) is 0.627. The molecular weight excluding hydrogens is 408 g/mol. The molecule has 10 heteroatoms. The van der Waals surface area contributed by atoms with Crippen LogP contribution in [0.2, 0.25) is 0 Å². The Bertz CT molecular complexity index is 815. The molecule has 0 N–H and O–H groups in total. The van der Waals surface area contributed by atoms with Gasteiger partial charge in [0.25, 0.3) is 5.91 Å². The zero-order chi connectivity index (χ0) is 21.9. The number of piperidine rings is 1. The van der Waals surface area contributed by atoms with Gasteiger partial charge in [-0.25, -0.2) is 12.7 Å². The molecule has 3 rings (SSSR count). The lowest BCUT2D eigenvalue weighted by Crippen LogP contribution is -2.55. The standard InChI is InChI=1S/C20H34N4O5S/c1-15-19(16(2)29-21-15)20(25)22(3)10-11-24(17-7-12-28-13-8-17)18-6-5-9-23(14-18)30(4,26)27/h17-18H,5-14H2,1-4H3. The third-order valence-electron chi connectivity index (χ3n) is 6.24. The van der Waals surface area contributed by atoms with E-state index in [4.69, 9.17) is 9.26 Å². The minimum absolute atomic E-state index is 0.0976. The van der Waals surface area contributed by atoms with Gasteiger partial charge >= 0.3 is 0 Å². The molecule has 170 valence electrons. The van der Waals surface area contributed by atoms with Crippen molar-refractivity contribution in [3.05, 3.63) is 17.0 Å². The van der Waals surface area contributed by atoms with Gasteiger partial charge in [-0.05, 0) is 39.5 Å². The van der Waals surface area contributed by atoms with Crippen LogP contribution in [-0.4, -0.2) is 98.4 Å². The maximum atomic E-state index is 12.9. The van der Waals surface area contributed by atoms with Crippen LogP contribution < -0.4 is 0 Å². The van der Waals surface area contributed by atoms with Crippen LogP contribution >= 0.6 is 0 Å². The fourth-order valence-electron chi connectivity index (χ4n) is 4.52. The molecule has 1 amide bonds. The first-order valence-electron chi connectivity index (χ1n) is 10.7. The van der Waals surface area contributed by atoms with E-state index in [1.165, 1.54) is 6.26 Å². The van der Waals surface area contributed by atoms with Crippen LogP contribution in [0.25, 0.3) is 0 Å². The highest BCUT2D eigenvalue weighted by Gasteiger charge is 2.34. The Hall–Kier alpha value is -1.49. The summed E-state index contributed by atoms with van der Waals surface area (Å²) in [4.78, 5) is 17.0. The molecule has 3 heterocycles. The Kier molecular flexibility index (Phi) is 7.54. The molecule has 2 fully saturated rings. The summed E-state index contributed by atoms with van der Waals surface area (Å²) in [5.74, 6) is 0.432. The van der Waals surface area contributed by atoms with E-state index in [9.17, 15) is 13.2 Å². The summed E-state index contributed by atoms with van der Waals surface area (Å²) in [7, 11) is -1.42. The van der Waals surface area contributed by atoms with E-state index < -0.39 is 10.0 Å². The van der Waals surface area contributed by atoms with Gasteiger partial charge in [0.15, 0.2) is 0 Å². The van der Waals surface area contributed by atoms with Gasteiger partial charge in [0.2, 0.25) is 10.0 Å². The number of aromatic nitrogens is 1. The second kappa shape index (κ2) is 9.76. The van der Waals surface area contributed by atoms with Crippen LogP contribution in [0.5, 0.6) is 0 Å². The molecule has 1 aromatic rings. The van der Waals surface area contributed by atoms with Gasteiger partial charge in [0.05, 0.1) is 11.9 Å². The van der Waals surface area contributed by atoms with Crippen LogP contribution in [0.3, 0.4) is 0 Å². The monoisotopic (exact) mass is 442 g/mol. The number of nitrogens with zero attached hydrogens (tertiary/aromatic N) is 4. The van der Waals surface area contributed by atoms with Crippen molar-refractivity contribution >= 4 is 15.9 Å². The first kappa shape index (κ1) is 23.2. The number of carbonyl (C=O) groups excluding carboxylic acids is 1. The summed E-state index contributed by atoms with van der Waals surface area (Å²) in [6.07, 6.45) is 4.95. The molecule has 2 aliphatic rings. The normalized spacial score (nSPS) is 21.8. The Morgan fingerprint density at radius 2 is 1.87 bits per heavy atom. The lowest BCUT2D eigenvalue weighted by Gasteiger charge is -2.44. The summed E-state index contributed by atoms with van der Waals surface area (Å²) >= 11 is 0. The highest BCUT2D eigenvalue weighted by Crippen LogP contribution is 2.24. The molecule has 0 bridgehead atoms. The van der Waals surface area contributed by atoms with Crippen molar-refractivity contribution < 1.29 is 22.5 Å². The molecule has 2 saturated heterocycles. The van der Waals surface area contributed by atoms with E-state index >= 15 is 0 Å². The highest BCUT2D eigenvalue weighted by atomic mass is 32.2. The number of ether oxygens (including phenoxy) is 1. The maximum Gasteiger partial charge on any atom is 0.259 e. The molecule has 0 aliphatic carbocycles. The Morgan fingerprint density at radius 3 is 2.47 bits per heavy atom. The second-order valence-corrected chi connectivity index (χ2v) is 10.4. The zero-order valence-corrected chi connectivity index (χ0v) is 19.3. The molecule has 1 atom stereocenters. The van der Waals surface area contributed by atoms with Crippen molar-refractivity contribution in [2.24, 2.45) is 0 Å². The van der Waals surface area contributed by atoms with Gasteiger partial charge in [-0.3, -0.25) is 9.69 Å². The average molecular weight is 443 g/mol. The number of aryl methyl sites for hydroxylation is 2. The first-order valence-corrected chi connectivity index (χ1v) is 12.5. The smallest absolute Gasteiger partial charge is 0.259 e. The summed E-state index contributed by atoms with van der Waals surface area (Å²) < 4.78 is 36.5. The highest BCUT2D eigenvalue weighted by molar-refractivity contribution is 7.88.